The van der Waals surface area contributed by atoms with Gasteiger partial charge in [-0.2, -0.15) is 0 Å². The first-order valence-corrected chi connectivity index (χ1v) is 11.0. The Morgan fingerprint density at radius 1 is 1.12 bits per heavy atom. The highest BCUT2D eigenvalue weighted by Gasteiger charge is 2.07. The van der Waals surface area contributed by atoms with Gasteiger partial charge < -0.3 is 25.4 Å². The van der Waals surface area contributed by atoms with E-state index in [-0.39, 0.29) is 5.91 Å². The van der Waals surface area contributed by atoms with Gasteiger partial charge in [-0.05, 0) is 44.5 Å². The first-order chi connectivity index (χ1) is 15.5. The maximum absolute atomic E-state index is 12.2. The van der Waals surface area contributed by atoms with Crippen molar-refractivity contribution in [3.05, 3.63) is 53.2 Å². The van der Waals surface area contributed by atoms with Gasteiger partial charge in [0.25, 0.3) is 0 Å². The molecule has 0 saturated heterocycles. The molecule has 2 rings (SSSR count). The third kappa shape index (κ3) is 9.34. The van der Waals surface area contributed by atoms with E-state index in [2.05, 4.69) is 32.0 Å². The average molecular weight is 442 g/mol. The Labute approximate surface area is 190 Å². The normalized spacial score (nSPS) is 11.2. The highest BCUT2D eigenvalue weighted by atomic mass is 16.5. The number of rotatable bonds is 12. The minimum Gasteiger partial charge on any atom is -0.493 e. The predicted molar refractivity (Wildman–Crippen MR) is 128 cm³/mol. The number of pyridine rings is 1. The molecule has 32 heavy (non-hydrogen) atoms. The molecular formula is C24H35N5O3. The number of carbonyl (C=O) groups excluding carboxylic acids is 1. The van der Waals surface area contributed by atoms with Crippen LogP contribution in [0.2, 0.25) is 0 Å². The lowest BCUT2D eigenvalue weighted by Crippen LogP contribution is -2.38. The number of nitrogens with one attached hydrogen (secondary N) is 3. The third-order valence-corrected chi connectivity index (χ3v) is 4.53. The van der Waals surface area contributed by atoms with E-state index in [9.17, 15) is 4.79 Å². The molecule has 1 aromatic carbocycles. The van der Waals surface area contributed by atoms with Gasteiger partial charge >= 0.3 is 0 Å². The third-order valence-electron chi connectivity index (χ3n) is 4.53. The molecule has 8 nitrogen and oxygen atoms in total. The van der Waals surface area contributed by atoms with Gasteiger partial charge in [0.15, 0.2) is 5.96 Å². The zero-order valence-corrected chi connectivity index (χ0v) is 19.5. The average Bonchev–Trinajstić information content (AvgIpc) is 2.76. The fraction of sp³-hybridized carbons (Fsp3) is 0.458. The molecule has 8 heteroatoms. The summed E-state index contributed by atoms with van der Waals surface area (Å²) < 4.78 is 11.0. The Morgan fingerprint density at radius 2 is 1.97 bits per heavy atom. The lowest BCUT2D eigenvalue weighted by molar-refractivity contribution is -0.116. The highest BCUT2D eigenvalue weighted by molar-refractivity contribution is 5.90. The molecule has 0 spiro atoms. The molecule has 1 heterocycles. The molecule has 0 aliphatic heterocycles. The monoisotopic (exact) mass is 441 g/mol. The second-order valence-electron chi connectivity index (χ2n) is 7.39. The van der Waals surface area contributed by atoms with Crippen LogP contribution < -0.4 is 20.7 Å². The number of guanidine groups is 1. The molecule has 0 aliphatic rings. The Hall–Kier alpha value is -3.13. The van der Waals surface area contributed by atoms with Crippen molar-refractivity contribution in [1.29, 1.82) is 0 Å². The Bertz CT molecular complexity index is 886. The molecule has 0 saturated carbocycles. The SMILES string of the molecule is CCNC(=NCc1ccc(C)cc1OCCCOC)NCCC(=O)Nc1cccc(C)n1. The summed E-state index contributed by atoms with van der Waals surface area (Å²) in [7, 11) is 1.69. The van der Waals surface area contributed by atoms with Crippen molar-refractivity contribution in [1.82, 2.24) is 15.6 Å². The zero-order valence-electron chi connectivity index (χ0n) is 19.5. The molecule has 0 radical (unpaired) electrons. The number of ether oxygens (including phenoxy) is 2. The number of aliphatic imine (C=N–C) groups is 1. The van der Waals surface area contributed by atoms with Crippen LogP contribution in [0.3, 0.4) is 0 Å². The molecule has 1 aromatic heterocycles. The molecule has 0 atom stereocenters. The van der Waals surface area contributed by atoms with Crippen LogP contribution in [0.1, 0.15) is 36.6 Å². The lowest BCUT2D eigenvalue weighted by Gasteiger charge is -2.14. The largest absolute Gasteiger partial charge is 0.493 e. The standard InChI is InChI=1S/C24H35N5O3/c1-5-25-24(26-13-12-23(30)29-22-9-6-8-19(3)28-22)27-17-20-11-10-18(2)16-21(20)32-15-7-14-31-4/h6,8-11,16H,5,7,12-15,17H2,1-4H3,(H2,25,26,27)(H,28,29,30). The highest BCUT2D eigenvalue weighted by Crippen LogP contribution is 2.21. The van der Waals surface area contributed by atoms with Crippen LogP contribution in [0.25, 0.3) is 0 Å². The summed E-state index contributed by atoms with van der Waals surface area (Å²) in [6.45, 7) is 8.84. The zero-order chi connectivity index (χ0) is 23.2. The van der Waals surface area contributed by atoms with Gasteiger partial charge in [0.2, 0.25) is 5.91 Å². The Morgan fingerprint density at radius 3 is 2.72 bits per heavy atom. The van der Waals surface area contributed by atoms with Gasteiger partial charge in [0, 0.05) is 50.9 Å². The first kappa shape index (κ1) is 25.1. The van der Waals surface area contributed by atoms with E-state index in [1.54, 1.807) is 13.2 Å². The van der Waals surface area contributed by atoms with Crippen LogP contribution in [0.15, 0.2) is 41.4 Å². The van der Waals surface area contributed by atoms with E-state index in [1.807, 2.05) is 45.0 Å². The summed E-state index contributed by atoms with van der Waals surface area (Å²) in [6, 6.07) is 11.7. The summed E-state index contributed by atoms with van der Waals surface area (Å²) in [5, 5.41) is 9.23. The molecule has 0 fully saturated rings. The summed E-state index contributed by atoms with van der Waals surface area (Å²) in [4.78, 5) is 21.1. The predicted octanol–water partition coefficient (Wildman–Crippen LogP) is 3.20. The van der Waals surface area contributed by atoms with Crippen molar-refractivity contribution in [2.45, 2.75) is 40.2 Å². The van der Waals surface area contributed by atoms with Crippen LogP contribution >= 0.6 is 0 Å². The molecule has 2 aromatic rings. The number of carbonyl (C=O) groups is 1. The van der Waals surface area contributed by atoms with Crippen molar-refractivity contribution in [3.8, 4) is 5.75 Å². The molecular weight excluding hydrogens is 406 g/mol. The molecule has 1 amide bonds. The summed E-state index contributed by atoms with van der Waals surface area (Å²) in [6.07, 6.45) is 1.13. The van der Waals surface area contributed by atoms with E-state index in [4.69, 9.17) is 9.47 Å². The van der Waals surface area contributed by atoms with Gasteiger partial charge in [-0.25, -0.2) is 9.98 Å². The van der Waals surface area contributed by atoms with Gasteiger partial charge in [-0.3, -0.25) is 4.79 Å². The number of methoxy groups -OCH3 is 1. The van der Waals surface area contributed by atoms with Crippen molar-refractivity contribution in [2.24, 2.45) is 4.99 Å². The van der Waals surface area contributed by atoms with Gasteiger partial charge in [0.05, 0.1) is 13.2 Å². The fourth-order valence-corrected chi connectivity index (χ4v) is 2.93. The fourth-order valence-electron chi connectivity index (χ4n) is 2.93. The second-order valence-corrected chi connectivity index (χ2v) is 7.39. The molecule has 0 unspecified atom stereocenters. The van der Waals surface area contributed by atoms with Crippen molar-refractivity contribution in [3.63, 3.8) is 0 Å². The van der Waals surface area contributed by atoms with E-state index in [1.165, 1.54) is 0 Å². The number of hydrogen-bond acceptors (Lipinski definition) is 5. The summed E-state index contributed by atoms with van der Waals surface area (Å²) in [5.74, 6) is 1.95. The number of anilines is 1. The summed E-state index contributed by atoms with van der Waals surface area (Å²) in [5.41, 5.74) is 3.01. The minimum atomic E-state index is -0.100. The van der Waals surface area contributed by atoms with E-state index < -0.39 is 0 Å². The maximum Gasteiger partial charge on any atom is 0.227 e. The summed E-state index contributed by atoms with van der Waals surface area (Å²) >= 11 is 0. The van der Waals surface area contributed by atoms with Gasteiger partial charge in [-0.15, -0.1) is 0 Å². The van der Waals surface area contributed by atoms with Crippen LogP contribution in [0.5, 0.6) is 5.75 Å². The van der Waals surface area contributed by atoms with Gasteiger partial charge in [-0.1, -0.05) is 18.2 Å². The number of hydrogen-bond donors (Lipinski definition) is 3. The Balaban J connectivity index is 1.90. The molecule has 0 aliphatic carbocycles. The number of aromatic nitrogens is 1. The van der Waals surface area contributed by atoms with Gasteiger partial charge in [0.1, 0.15) is 11.6 Å². The van der Waals surface area contributed by atoms with Crippen LogP contribution in [0, 0.1) is 13.8 Å². The topological polar surface area (TPSA) is 96.9 Å². The number of nitrogens with zero attached hydrogens (tertiary/aromatic N) is 2. The van der Waals surface area contributed by atoms with E-state index >= 15 is 0 Å². The van der Waals surface area contributed by atoms with E-state index in [0.29, 0.717) is 44.5 Å². The molecule has 3 N–H and O–H groups in total. The molecule has 0 bridgehead atoms. The van der Waals surface area contributed by atoms with Crippen molar-refractivity contribution >= 4 is 17.7 Å². The smallest absolute Gasteiger partial charge is 0.227 e. The number of amides is 1. The van der Waals surface area contributed by atoms with Crippen LogP contribution in [-0.2, 0) is 16.1 Å². The molecule has 174 valence electrons. The van der Waals surface area contributed by atoms with Crippen LogP contribution in [-0.4, -0.2) is 50.3 Å². The number of aryl methyl sites for hydroxylation is 2. The Kier molecular flexibility index (Phi) is 11.0. The maximum atomic E-state index is 12.2. The number of benzene rings is 1. The second kappa shape index (κ2) is 14.0. The van der Waals surface area contributed by atoms with Crippen LogP contribution in [0.4, 0.5) is 5.82 Å². The van der Waals surface area contributed by atoms with Crippen molar-refractivity contribution in [2.75, 3.05) is 38.7 Å². The van der Waals surface area contributed by atoms with Crippen molar-refractivity contribution < 1.29 is 14.3 Å². The first-order valence-electron chi connectivity index (χ1n) is 11.0. The van der Waals surface area contributed by atoms with E-state index in [0.717, 1.165) is 35.5 Å². The quantitative estimate of drug-likeness (QED) is 0.266. The minimum absolute atomic E-state index is 0.100. The lowest BCUT2D eigenvalue weighted by atomic mass is 10.1.